The van der Waals surface area contributed by atoms with Crippen LogP contribution in [0.1, 0.15) is 11.3 Å². The first-order valence-electron chi connectivity index (χ1n) is 5.24. The van der Waals surface area contributed by atoms with Crippen molar-refractivity contribution in [3.05, 3.63) is 34.7 Å². The normalized spacial score (nSPS) is 10.6. The lowest BCUT2D eigenvalue weighted by Crippen LogP contribution is -2.00. The third kappa shape index (κ3) is 2.14. The second-order valence-electron chi connectivity index (χ2n) is 3.74. The molecular weight excluding hydrogens is 238 g/mol. The number of nitrogens with zero attached hydrogens (tertiary/aromatic N) is 1. The van der Waals surface area contributed by atoms with Gasteiger partial charge in [-0.1, -0.05) is 11.6 Å². The molecule has 0 fully saturated rings. The van der Waals surface area contributed by atoms with E-state index in [4.69, 9.17) is 22.1 Å². The van der Waals surface area contributed by atoms with Crippen LogP contribution >= 0.6 is 11.6 Å². The van der Waals surface area contributed by atoms with E-state index < -0.39 is 0 Å². The summed E-state index contributed by atoms with van der Waals surface area (Å²) in [5.74, 6) is 0.774. The van der Waals surface area contributed by atoms with Gasteiger partial charge < -0.3 is 15.5 Å². The van der Waals surface area contributed by atoms with Crippen LogP contribution in [0.25, 0.3) is 11.3 Å². The van der Waals surface area contributed by atoms with Crippen molar-refractivity contribution in [3.63, 3.8) is 0 Å². The SMILES string of the molecule is COc1c(C)cc(Cl)cc1-c1nc[nH]c1CN. The van der Waals surface area contributed by atoms with E-state index in [-0.39, 0.29) is 0 Å². The van der Waals surface area contributed by atoms with Crippen LogP contribution in [0.2, 0.25) is 5.02 Å². The summed E-state index contributed by atoms with van der Waals surface area (Å²) >= 11 is 6.07. The Morgan fingerprint density at radius 2 is 2.24 bits per heavy atom. The van der Waals surface area contributed by atoms with Crippen molar-refractivity contribution >= 4 is 11.6 Å². The number of benzene rings is 1. The van der Waals surface area contributed by atoms with E-state index in [0.717, 1.165) is 28.3 Å². The van der Waals surface area contributed by atoms with Gasteiger partial charge >= 0.3 is 0 Å². The maximum atomic E-state index is 6.07. The Hall–Kier alpha value is -1.52. The van der Waals surface area contributed by atoms with E-state index in [0.29, 0.717) is 11.6 Å². The number of hydrogen-bond donors (Lipinski definition) is 2. The van der Waals surface area contributed by atoms with Gasteiger partial charge in [-0.15, -0.1) is 0 Å². The highest BCUT2D eigenvalue weighted by molar-refractivity contribution is 6.31. The number of ether oxygens (including phenoxy) is 1. The molecule has 0 saturated carbocycles. The zero-order valence-electron chi connectivity index (χ0n) is 9.75. The molecule has 0 saturated heterocycles. The average Bonchev–Trinajstić information content (AvgIpc) is 2.75. The smallest absolute Gasteiger partial charge is 0.131 e. The lowest BCUT2D eigenvalue weighted by Gasteiger charge is -2.11. The van der Waals surface area contributed by atoms with Crippen LogP contribution in [0.5, 0.6) is 5.75 Å². The first kappa shape index (κ1) is 12.0. The number of methoxy groups -OCH3 is 1. The van der Waals surface area contributed by atoms with E-state index in [1.54, 1.807) is 13.4 Å². The van der Waals surface area contributed by atoms with Crippen molar-refractivity contribution in [1.29, 1.82) is 0 Å². The molecule has 0 atom stereocenters. The second-order valence-corrected chi connectivity index (χ2v) is 4.17. The number of aromatic nitrogens is 2. The van der Waals surface area contributed by atoms with Gasteiger partial charge in [0.25, 0.3) is 0 Å². The van der Waals surface area contributed by atoms with E-state index in [9.17, 15) is 0 Å². The molecule has 0 amide bonds. The molecule has 0 aliphatic carbocycles. The second kappa shape index (κ2) is 4.77. The van der Waals surface area contributed by atoms with E-state index >= 15 is 0 Å². The van der Waals surface area contributed by atoms with Gasteiger partial charge in [0.1, 0.15) is 5.75 Å². The number of rotatable bonds is 3. The van der Waals surface area contributed by atoms with Crippen LogP contribution in [-0.2, 0) is 6.54 Å². The largest absolute Gasteiger partial charge is 0.496 e. The third-order valence-corrected chi connectivity index (χ3v) is 2.84. The highest BCUT2D eigenvalue weighted by atomic mass is 35.5. The molecule has 0 aliphatic heterocycles. The van der Waals surface area contributed by atoms with Crippen LogP contribution in [0.3, 0.4) is 0 Å². The van der Waals surface area contributed by atoms with Crippen LogP contribution in [-0.4, -0.2) is 17.1 Å². The number of hydrogen-bond acceptors (Lipinski definition) is 3. The lowest BCUT2D eigenvalue weighted by atomic mass is 10.1. The zero-order chi connectivity index (χ0) is 12.4. The summed E-state index contributed by atoms with van der Waals surface area (Å²) in [6.07, 6.45) is 1.62. The first-order valence-corrected chi connectivity index (χ1v) is 5.62. The Balaban J connectivity index is 2.66. The molecule has 90 valence electrons. The maximum Gasteiger partial charge on any atom is 0.131 e. The van der Waals surface area contributed by atoms with Crippen molar-refractivity contribution in [2.75, 3.05) is 7.11 Å². The topological polar surface area (TPSA) is 63.9 Å². The van der Waals surface area contributed by atoms with Crippen molar-refractivity contribution in [1.82, 2.24) is 9.97 Å². The van der Waals surface area contributed by atoms with Gasteiger partial charge in [-0.2, -0.15) is 0 Å². The van der Waals surface area contributed by atoms with Gasteiger partial charge in [0, 0.05) is 17.1 Å². The molecule has 4 nitrogen and oxygen atoms in total. The molecule has 2 rings (SSSR count). The number of nitrogens with one attached hydrogen (secondary N) is 1. The molecule has 0 unspecified atom stereocenters. The number of H-pyrrole nitrogens is 1. The molecule has 5 heteroatoms. The van der Waals surface area contributed by atoms with Gasteiger partial charge in [-0.25, -0.2) is 4.98 Å². The molecule has 3 N–H and O–H groups in total. The minimum absolute atomic E-state index is 0.393. The predicted octanol–water partition coefficient (Wildman–Crippen LogP) is 2.51. The molecule has 0 radical (unpaired) electrons. The minimum atomic E-state index is 0.393. The summed E-state index contributed by atoms with van der Waals surface area (Å²) in [6, 6.07) is 3.70. The highest BCUT2D eigenvalue weighted by Gasteiger charge is 2.15. The average molecular weight is 252 g/mol. The van der Waals surface area contributed by atoms with Gasteiger partial charge in [0.2, 0.25) is 0 Å². The predicted molar refractivity (Wildman–Crippen MR) is 68.2 cm³/mol. The van der Waals surface area contributed by atoms with Crippen LogP contribution < -0.4 is 10.5 Å². The fourth-order valence-corrected chi connectivity index (χ4v) is 2.16. The van der Waals surface area contributed by atoms with Crippen molar-refractivity contribution < 1.29 is 4.74 Å². The molecule has 0 spiro atoms. The monoisotopic (exact) mass is 251 g/mol. The Morgan fingerprint density at radius 1 is 1.47 bits per heavy atom. The van der Waals surface area contributed by atoms with Crippen molar-refractivity contribution in [2.45, 2.75) is 13.5 Å². The number of imidazole rings is 1. The number of halogens is 1. The Bertz CT molecular complexity index is 537. The molecule has 17 heavy (non-hydrogen) atoms. The Morgan fingerprint density at radius 3 is 2.88 bits per heavy atom. The van der Waals surface area contributed by atoms with Gasteiger partial charge in [0.15, 0.2) is 0 Å². The van der Waals surface area contributed by atoms with Gasteiger partial charge in [0.05, 0.1) is 24.8 Å². The number of nitrogens with two attached hydrogens (primary N) is 1. The summed E-state index contributed by atoms with van der Waals surface area (Å²) in [5.41, 5.74) is 9.14. The Labute approximate surface area is 105 Å². The highest BCUT2D eigenvalue weighted by Crippen LogP contribution is 2.35. The summed E-state index contributed by atoms with van der Waals surface area (Å²) in [4.78, 5) is 7.28. The van der Waals surface area contributed by atoms with E-state index in [1.165, 1.54) is 0 Å². The molecular formula is C12H14ClN3O. The van der Waals surface area contributed by atoms with E-state index in [2.05, 4.69) is 9.97 Å². The van der Waals surface area contributed by atoms with Crippen molar-refractivity contribution in [2.24, 2.45) is 5.73 Å². The van der Waals surface area contributed by atoms with E-state index in [1.807, 2.05) is 19.1 Å². The fraction of sp³-hybridized carbons (Fsp3) is 0.250. The zero-order valence-corrected chi connectivity index (χ0v) is 10.5. The van der Waals surface area contributed by atoms with Crippen LogP contribution in [0, 0.1) is 6.92 Å². The summed E-state index contributed by atoms with van der Waals surface area (Å²) in [7, 11) is 1.63. The number of aryl methyl sites for hydroxylation is 1. The molecule has 1 aromatic heterocycles. The summed E-state index contributed by atoms with van der Waals surface area (Å²) in [5, 5.41) is 0.657. The Kier molecular flexibility index (Phi) is 3.36. The minimum Gasteiger partial charge on any atom is -0.496 e. The van der Waals surface area contributed by atoms with Crippen LogP contribution in [0.15, 0.2) is 18.5 Å². The van der Waals surface area contributed by atoms with Gasteiger partial charge in [-0.3, -0.25) is 0 Å². The third-order valence-electron chi connectivity index (χ3n) is 2.62. The lowest BCUT2D eigenvalue weighted by molar-refractivity contribution is 0.413. The molecule has 0 bridgehead atoms. The standard InChI is InChI=1S/C12H14ClN3O/c1-7-3-8(13)4-9(12(7)17-2)11-10(5-14)15-6-16-11/h3-4,6H,5,14H2,1-2H3,(H,15,16). The fourth-order valence-electron chi connectivity index (χ4n) is 1.89. The van der Waals surface area contributed by atoms with Crippen molar-refractivity contribution in [3.8, 4) is 17.0 Å². The molecule has 2 aromatic rings. The molecule has 1 aromatic carbocycles. The summed E-state index contributed by atoms with van der Waals surface area (Å²) in [6.45, 7) is 2.34. The first-order chi connectivity index (χ1) is 8.17. The van der Waals surface area contributed by atoms with Gasteiger partial charge in [-0.05, 0) is 24.6 Å². The molecule has 0 aliphatic rings. The number of aromatic amines is 1. The summed E-state index contributed by atoms with van der Waals surface area (Å²) < 4.78 is 5.40. The maximum absolute atomic E-state index is 6.07. The van der Waals surface area contributed by atoms with Crippen LogP contribution in [0.4, 0.5) is 0 Å². The molecule has 1 heterocycles. The quantitative estimate of drug-likeness (QED) is 0.881.